The number of carbonyl (C=O) groups excluding carboxylic acids is 2. The van der Waals surface area contributed by atoms with Gasteiger partial charge in [0.15, 0.2) is 5.96 Å². The van der Waals surface area contributed by atoms with Crippen molar-refractivity contribution in [1.29, 1.82) is 0 Å². The Balaban J connectivity index is 0.00000841. The van der Waals surface area contributed by atoms with Crippen LogP contribution in [0.3, 0.4) is 0 Å². The van der Waals surface area contributed by atoms with Gasteiger partial charge in [-0.05, 0) is 25.2 Å². The first-order valence-corrected chi connectivity index (χ1v) is 11.3. The van der Waals surface area contributed by atoms with E-state index in [0.717, 1.165) is 38.9 Å². The number of likely N-dealkylation sites (tertiary alicyclic amines) is 1. The number of amides is 2. The number of hydrogen-bond donors (Lipinski definition) is 2. The zero-order valence-corrected chi connectivity index (χ0v) is 22.2. The van der Waals surface area contributed by atoms with Crippen LogP contribution in [0.25, 0.3) is 0 Å². The summed E-state index contributed by atoms with van der Waals surface area (Å²) in [4.78, 5) is 32.2. The molecule has 30 heavy (non-hydrogen) atoms. The predicted molar refractivity (Wildman–Crippen MR) is 135 cm³/mol. The summed E-state index contributed by atoms with van der Waals surface area (Å²) in [6.45, 7) is 10.9. The van der Waals surface area contributed by atoms with Crippen LogP contribution >= 0.6 is 24.0 Å². The molecule has 1 unspecified atom stereocenters. The molecule has 0 bridgehead atoms. The van der Waals surface area contributed by atoms with Crippen LogP contribution in [0.15, 0.2) is 4.99 Å². The highest BCUT2D eigenvalue weighted by Crippen LogP contribution is 2.14. The van der Waals surface area contributed by atoms with E-state index in [9.17, 15) is 9.59 Å². The van der Waals surface area contributed by atoms with E-state index < -0.39 is 0 Å². The van der Waals surface area contributed by atoms with Crippen LogP contribution in [0.2, 0.25) is 0 Å². The monoisotopic (exact) mass is 537 g/mol. The highest BCUT2D eigenvalue weighted by Gasteiger charge is 2.25. The van der Waals surface area contributed by atoms with Gasteiger partial charge in [0.2, 0.25) is 11.8 Å². The molecule has 2 amide bonds. The number of nitrogens with one attached hydrogen (secondary N) is 2. The van der Waals surface area contributed by atoms with Crippen molar-refractivity contribution in [3.8, 4) is 0 Å². The molecule has 1 heterocycles. The minimum absolute atomic E-state index is 0. The molecule has 1 rings (SSSR count). The van der Waals surface area contributed by atoms with Crippen LogP contribution < -0.4 is 10.6 Å². The summed E-state index contributed by atoms with van der Waals surface area (Å²) in [5.41, 5.74) is 0. The SMILES string of the molecule is CCCCC(CC)CNC(=NCC(=O)N(C)C)NC1CCN(C(=O)C(C)C)CC1.I. The number of carbonyl (C=O) groups is 2. The normalized spacial score (nSPS) is 16.1. The van der Waals surface area contributed by atoms with Gasteiger partial charge in [0.25, 0.3) is 0 Å². The molecular weight excluding hydrogens is 493 g/mol. The highest BCUT2D eigenvalue weighted by molar-refractivity contribution is 14.0. The van der Waals surface area contributed by atoms with E-state index in [-0.39, 0.29) is 54.3 Å². The Bertz CT molecular complexity index is 532. The van der Waals surface area contributed by atoms with Crippen LogP contribution in [0.5, 0.6) is 0 Å². The van der Waals surface area contributed by atoms with E-state index in [0.29, 0.717) is 11.9 Å². The third-order valence-corrected chi connectivity index (χ3v) is 5.61. The number of halogens is 1. The Morgan fingerprint density at radius 1 is 1.17 bits per heavy atom. The number of unbranched alkanes of at least 4 members (excludes halogenated alkanes) is 1. The lowest BCUT2D eigenvalue weighted by molar-refractivity contribution is -0.135. The van der Waals surface area contributed by atoms with E-state index in [1.165, 1.54) is 19.3 Å². The van der Waals surface area contributed by atoms with E-state index in [4.69, 9.17) is 0 Å². The fraction of sp³-hybridized carbons (Fsp3) is 0.864. The number of guanidine groups is 1. The zero-order chi connectivity index (χ0) is 21.8. The molecule has 0 aromatic carbocycles. The number of hydrogen-bond acceptors (Lipinski definition) is 3. The summed E-state index contributed by atoms with van der Waals surface area (Å²) < 4.78 is 0. The molecule has 1 fully saturated rings. The average molecular weight is 538 g/mol. The second kappa shape index (κ2) is 15.7. The summed E-state index contributed by atoms with van der Waals surface area (Å²) in [5.74, 6) is 1.58. The largest absolute Gasteiger partial charge is 0.356 e. The van der Waals surface area contributed by atoms with Gasteiger partial charge in [-0.3, -0.25) is 9.59 Å². The van der Waals surface area contributed by atoms with E-state index in [1.54, 1.807) is 19.0 Å². The van der Waals surface area contributed by atoms with E-state index >= 15 is 0 Å². The predicted octanol–water partition coefficient (Wildman–Crippen LogP) is 3.09. The van der Waals surface area contributed by atoms with E-state index in [1.807, 2.05) is 18.7 Å². The van der Waals surface area contributed by atoms with Gasteiger partial charge in [-0.1, -0.05) is 47.0 Å². The van der Waals surface area contributed by atoms with Crippen LogP contribution in [0.1, 0.15) is 66.2 Å². The van der Waals surface area contributed by atoms with Crippen molar-refractivity contribution >= 4 is 41.8 Å². The Hall–Kier alpha value is -1.06. The Morgan fingerprint density at radius 3 is 2.30 bits per heavy atom. The fourth-order valence-corrected chi connectivity index (χ4v) is 3.43. The number of likely N-dealkylation sites (N-methyl/N-ethyl adjacent to an activating group) is 1. The van der Waals surface area contributed by atoms with Crippen LogP contribution in [-0.4, -0.2) is 73.9 Å². The highest BCUT2D eigenvalue weighted by atomic mass is 127. The zero-order valence-electron chi connectivity index (χ0n) is 19.9. The standard InChI is InChI=1S/C22H43N5O2.HI/c1-7-9-10-18(8-2)15-23-22(24-16-20(28)26(5)6)25-19-11-13-27(14-12-19)21(29)17(3)4;/h17-19H,7-16H2,1-6H3,(H2,23,24,25);1H. The van der Waals surface area contributed by atoms with E-state index in [2.05, 4.69) is 29.5 Å². The van der Waals surface area contributed by atoms with Crippen LogP contribution in [0.4, 0.5) is 0 Å². The second-order valence-corrected chi connectivity index (χ2v) is 8.65. The molecule has 0 aromatic heterocycles. The summed E-state index contributed by atoms with van der Waals surface area (Å²) >= 11 is 0. The van der Waals surface area contributed by atoms with Gasteiger partial charge in [0.1, 0.15) is 6.54 Å². The lowest BCUT2D eigenvalue weighted by Crippen LogP contribution is -2.51. The minimum atomic E-state index is -0.0125. The summed E-state index contributed by atoms with van der Waals surface area (Å²) in [5, 5.41) is 6.97. The maximum Gasteiger partial charge on any atom is 0.243 e. The number of piperidine rings is 1. The Kier molecular flexibility index (Phi) is 15.1. The maximum absolute atomic E-state index is 12.2. The van der Waals surface area contributed by atoms with Gasteiger partial charge in [0.05, 0.1) is 0 Å². The molecule has 0 spiro atoms. The third kappa shape index (κ3) is 10.8. The minimum Gasteiger partial charge on any atom is -0.356 e. The summed E-state index contributed by atoms with van der Waals surface area (Å²) in [6.07, 6.45) is 6.58. The second-order valence-electron chi connectivity index (χ2n) is 8.65. The van der Waals surface area contributed by atoms with Crippen molar-refractivity contribution in [2.24, 2.45) is 16.8 Å². The lowest BCUT2D eigenvalue weighted by atomic mass is 9.99. The molecular formula is C22H44IN5O2. The van der Waals surface area contributed by atoms with Crippen molar-refractivity contribution in [1.82, 2.24) is 20.4 Å². The third-order valence-electron chi connectivity index (χ3n) is 5.61. The molecule has 0 radical (unpaired) electrons. The number of aliphatic imine (C=N–C) groups is 1. The number of nitrogens with zero attached hydrogens (tertiary/aromatic N) is 3. The molecule has 8 heteroatoms. The fourth-order valence-electron chi connectivity index (χ4n) is 3.43. The average Bonchev–Trinajstić information content (AvgIpc) is 2.71. The summed E-state index contributed by atoms with van der Waals surface area (Å²) in [7, 11) is 3.50. The maximum atomic E-state index is 12.2. The molecule has 2 N–H and O–H groups in total. The van der Waals surface area contributed by atoms with Crippen molar-refractivity contribution < 1.29 is 9.59 Å². The van der Waals surface area contributed by atoms with Crippen LogP contribution in [0, 0.1) is 11.8 Å². The summed E-state index contributed by atoms with van der Waals surface area (Å²) in [6, 6.07) is 0.266. The van der Waals surface area contributed by atoms with Crippen molar-refractivity contribution in [3.63, 3.8) is 0 Å². The molecule has 1 aliphatic heterocycles. The first-order valence-electron chi connectivity index (χ1n) is 11.3. The Labute approximate surface area is 200 Å². The van der Waals surface area contributed by atoms with Crippen molar-refractivity contribution in [2.75, 3.05) is 40.3 Å². The first kappa shape index (κ1) is 28.9. The first-order chi connectivity index (χ1) is 13.8. The molecule has 0 aromatic rings. The van der Waals surface area contributed by atoms with Gasteiger partial charge in [-0.25, -0.2) is 4.99 Å². The molecule has 1 aliphatic rings. The van der Waals surface area contributed by atoms with Gasteiger partial charge < -0.3 is 20.4 Å². The smallest absolute Gasteiger partial charge is 0.243 e. The van der Waals surface area contributed by atoms with Gasteiger partial charge in [-0.2, -0.15) is 0 Å². The Morgan fingerprint density at radius 2 is 1.80 bits per heavy atom. The lowest BCUT2D eigenvalue weighted by Gasteiger charge is -2.34. The number of rotatable bonds is 10. The quantitative estimate of drug-likeness (QED) is 0.255. The molecule has 1 atom stereocenters. The van der Waals surface area contributed by atoms with Crippen LogP contribution in [-0.2, 0) is 9.59 Å². The van der Waals surface area contributed by atoms with Gasteiger partial charge >= 0.3 is 0 Å². The van der Waals surface area contributed by atoms with Gasteiger partial charge in [0, 0.05) is 45.7 Å². The molecule has 1 saturated heterocycles. The molecule has 0 saturated carbocycles. The molecule has 176 valence electrons. The van der Waals surface area contributed by atoms with Crippen molar-refractivity contribution in [3.05, 3.63) is 0 Å². The topological polar surface area (TPSA) is 77.0 Å². The van der Waals surface area contributed by atoms with Gasteiger partial charge in [-0.15, -0.1) is 24.0 Å². The van der Waals surface area contributed by atoms with Crippen molar-refractivity contribution in [2.45, 2.75) is 72.3 Å². The molecule has 7 nitrogen and oxygen atoms in total. The molecule has 0 aliphatic carbocycles.